The molecule has 0 amide bonds. The average Bonchev–Trinajstić information content (AvgIpc) is 3.19. The van der Waals surface area contributed by atoms with Gasteiger partial charge in [-0.1, -0.05) is 61.0 Å². The second-order valence-corrected chi connectivity index (χ2v) is 8.20. The first-order valence-electron chi connectivity index (χ1n) is 10.5. The molecule has 4 nitrogen and oxygen atoms in total. The van der Waals surface area contributed by atoms with Crippen molar-refractivity contribution in [3.05, 3.63) is 72.3 Å². The summed E-state index contributed by atoms with van der Waals surface area (Å²) in [6.45, 7) is 6.59. The minimum atomic E-state index is 0.789. The van der Waals surface area contributed by atoms with Gasteiger partial charge < -0.3 is 4.90 Å². The van der Waals surface area contributed by atoms with E-state index in [9.17, 15) is 0 Å². The van der Waals surface area contributed by atoms with Gasteiger partial charge in [0, 0.05) is 36.3 Å². The zero-order valence-corrected chi connectivity index (χ0v) is 17.0. The minimum Gasteiger partial charge on any atom is -0.356 e. The number of benzene rings is 2. The molecule has 0 N–H and O–H groups in total. The summed E-state index contributed by atoms with van der Waals surface area (Å²) in [7, 11) is 0. The Morgan fingerprint density at radius 3 is 2.34 bits per heavy atom. The van der Waals surface area contributed by atoms with Gasteiger partial charge in [0.2, 0.25) is 0 Å². The largest absolute Gasteiger partial charge is 0.356 e. The highest BCUT2D eigenvalue weighted by Gasteiger charge is 2.21. The van der Waals surface area contributed by atoms with Crippen LogP contribution in [0.25, 0.3) is 28.2 Å². The molecule has 2 aromatic heterocycles. The van der Waals surface area contributed by atoms with Gasteiger partial charge in [0.1, 0.15) is 5.82 Å². The third-order valence-electron chi connectivity index (χ3n) is 5.90. The smallest absolute Gasteiger partial charge is 0.158 e. The Balaban J connectivity index is 1.67. The maximum atomic E-state index is 4.97. The Morgan fingerprint density at radius 2 is 1.59 bits per heavy atom. The number of anilines is 1. The lowest BCUT2D eigenvalue weighted by atomic mass is 9.99. The molecule has 4 aromatic rings. The van der Waals surface area contributed by atoms with Crippen molar-refractivity contribution in [1.82, 2.24) is 14.6 Å². The van der Waals surface area contributed by atoms with Crippen LogP contribution < -0.4 is 4.90 Å². The van der Waals surface area contributed by atoms with Gasteiger partial charge in [0.25, 0.3) is 0 Å². The first-order valence-corrected chi connectivity index (χ1v) is 10.5. The number of aryl methyl sites for hydroxylation is 1. The molecule has 0 unspecified atom stereocenters. The fraction of sp³-hybridized carbons (Fsp3) is 0.280. The Bertz CT molecular complexity index is 1140. The molecule has 1 aliphatic heterocycles. The Morgan fingerprint density at radius 1 is 0.828 bits per heavy atom. The lowest BCUT2D eigenvalue weighted by Gasteiger charge is -2.32. The summed E-state index contributed by atoms with van der Waals surface area (Å²) in [6.07, 6.45) is 2.44. The van der Waals surface area contributed by atoms with Gasteiger partial charge in [-0.25, -0.2) is 4.98 Å². The molecule has 0 aliphatic carbocycles. The maximum Gasteiger partial charge on any atom is 0.158 e. The van der Waals surface area contributed by atoms with Crippen molar-refractivity contribution in [3.8, 4) is 22.5 Å². The molecular weight excluding hydrogens is 356 g/mol. The van der Waals surface area contributed by atoms with E-state index < -0.39 is 0 Å². The predicted molar refractivity (Wildman–Crippen MR) is 119 cm³/mol. The van der Waals surface area contributed by atoms with Crippen molar-refractivity contribution in [2.45, 2.75) is 26.7 Å². The van der Waals surface area contributed by atoms with Gasteiger partial charge in [0.05, 0.1) is 11.4 Å². The molecule has 29 heavy (non-hydrogen) atoms. The van der Waals surface area contributed by atoms with Crippen LogP contribution in [-0.4, -0.2) is 27.7 Å². The fourth-order valence-corrected chi connectivity index (χ4v) is 4.12. The lowest BCUT2D eigenvalue weighted by molar-refractivity contribution is 0.435. The third-order valence-corrected chi connectivity index (χ3v) is 5.90. The van der Waals surface area contributed by atoms with Crippen LogP contribution in [0, 0.1) is 12.8 Å². The van der Waals surface area contributed by atoms with Crippen molar-refractivity contribution in [3.63, 3.8) is 0 Å². The van der Waals surface area contributed by atoms with E-state index >= 15 is 0 Å². The van der Waals surface area contributed by atoms with Crippen LogP contribution >= 0.6 is 0 Å². The quantitative estimate of drug-likeness (QED) is 0.462. The van der Waals surface area contributed by atoms with Crippen molar-refractivity contribution >= 4 is 11.5 Å². The molecule has 4 heteroatoms. The topological polar surface area (TPSA) is 33.4 Å². The molecular formula is C25H26N4. The van der Waals surface area contributed by atoms with Crippen LogP contribution in [0.1, 0.15) is 25.3 Å². The summed E-state index contributed by atoms with van der Waals surface area (Å²) in [5.74, 6) is 1.93. The van der Waals surface area contributed by atoms with Crippen molar-refractivity contribution in [2.75, 3.05) is 18.0 Å². The highest BCUT2D eigenvalue weighted by molar-refractivity contribution is 5.71. The van der Waals surface area contributed by atoms with Crippen LogP contribution in [0.5, 0.6) is 0 Å². The number of aromatic nitrogens is 3. The maximum absolute atomic E-state index is 4.97. The van der Waals surface area contributed by atoms with Crippen molar-refractivity contribution < 1.29 is 0 Å². The second-order valence-electron chi connectivity index (χ2n) is 8.20. The van der Waals surface area contributed by atoms with Crippen LogP contribution in [-0.2, 0) is 0 Å². The standard InChI is InChI=1S/C25H26N4/c1-18-11-13-28(14-12-18)25-17-22(20-8-4-3-5-9-20)26-24-16-23(27-29(24)25)21-10-6-7-19(2)15-21/h3-10,15-18H,11-14H2,1-2H3. The van der Waals surface area contributed by atoms with Gasteiger partial charge in [-0.15, -0.1) is 0 Å². The van der Waals surface area contributed by atoms with E-state index in [1.54, 1.807) is 0 Å². The highest BCUT2D eigenvalue weighted by atomic mass is 15.3. The number of hydrogen-bond acceptors (Lipinski definition) is 3. The molecule has 0 spiro atoms. The number of rotatable bonds is 3. The molecule has 3 heterocycles. The monoisotopic (exact) mass is 382 g/mol. The first-order chi connectivity index (χ1) is 14.2. The summed E-state index contributed by atoms with van der Waals surface area (Å²) in [5, 5.41) is 4.97. The van der Waals surface area contributed by atoms with E-state index in [1.807, 2.05) is 10.6 Å². The van der Waals surface area contributed by atoms with E-state index in [1.165, 1.54) is 18.4 Å². The first kappa shape index (κ1) is 17.9. The highest BCUT2D eigenvalue weighted by Crippen LogP contribution is 2.30. The van der Waals surface area contributed by atoms with Gasteiger partial charge in [-0.05, 0) is 31.7 Å². The number of hydrogen-bond donors (Lipinski definition) is 0. The summed E-state index contributed by atoms with van der Waals surface area (Å²) in [5.41, 5.74) is 6.38. The Kier molecular flexibility index (Phi) is 4.55. The number of nitrogens with zero attached hydrogens (tertiary/aromatic N) is 4. The van der Waals surface area contributed by atoms with E-state index in [4.69, 9.17) is 10.1 Å². The van der Waals surface area contributed by atoms with Crippen molar-refractivity contribution in [1.29, 1.82) is 0 Å². The Labute approximate surface area is 171 Å². The predicted octanol–water partition coefficient (Wildman–Crippen LogP) is 5.61. The molecule has 146 valence electrons. The van der Waals surface area contributed by atoms with Crippen molar-refractivity contribution in [2.24, 2.45) is 5.92 Å². The SMILES string of the molecule is Cc1cccc(-c2cc3nc(-c4ccccc4)cc(N4CCC(C)CC4)n3n2)c1. The molecule has 2 aromatic carbocycles. The lowest BCUT2D eigenvalue weighted by Crippen LogP contribution is -2.34. The van der Waals surface area contributed by atoms with Gasteiger partial charge in [0.15, 0.2) is 5.65 Å². The zero-order valence-electron chi connectivity index (χ0n) is 17.0. The van der Waals surface area contributed by atoms with Crippen LogP contribution in [0.2, 0.25) is 0 Å². The minimum absolute atomic E-state index is 0.789. The van der Waals surface area contributed by atoms with Crippen LogP contribution in [0.3, 0.4) is 0 Å². The van der Waals surface area contributed by atoms with Gasteiger partial charge in [-0.3, -0.25) is 0 Å². The van der Waals surface area contributed by atoms with Gasteiger partial charge in [-0.2, -0.15) is 9.61 Å². The summed E-state index contributed by atoms with van der Waals surface area (Å²) >= 11 is 0. The molecule has 0 atom stereocenters. The Hall–Kier alpha value is -3.14. The average molecular weight is 383 g/mol. The molecule has 5 rings (SSSR count). The summed E-state index contributed by atoms with van der Waals surface area (Å²) in [6, 6.07) is 23.2. The molecule has 0 bridgehead atoms. The molecule has 0 saturated carbocycles. The van der Waals surface area contributed by atoms with E-state index in [2.05, 4.69) is 79.4 Å². The second kappa shape index (κ2) is 7.36. The van der Waals surface area contributed by atoms with E-state index in [0.29, 0.717) is 0 Å². The molecule has 1 fully saturated rings. The van der Waals surface area contributed by atoms with E-state index in [0.717, 1.165) is 53.0 Å². The number of piperidine rings is 1. The van der Waals surface area contributed by atoms with E-state index in [-0.39, 0.29) is 0 Å². The van der Waals surface area contributed by atoms with Gasteiger partial charge >= 0.3 is 0 Å². The van der Waals surface area contributed by atoms with Crippen LogP contribution in [0.4, 0.5) is 5.82 Å². The molecule has 1 saturated heterocycles. The summed E-state index contributed by atoms with van der Waals surface area (Å²) < 4.78 is 2.03. The normalized spacial score (nSPS) is 15.2. The fourth-order valence-electron chi connectivity index (χ4n) is 4.12. The molecule has 0 radical (unpaired) electrons. The third kappa shape index (κ3) is 3.51. The zero-order chi connectivity index (χ0) is 19.8. The summed E-state index contributed by atoms with van der Waals surface area (Å²) in [4.78, 5) is 7.42. The molecule has 1 aliphatic rings. The van der Waals surface area contributed by atoms with Crippen LogP contribution in [0.15, 0.2) is 66.7 Å². The number of fused-ring (bicyclic) bond motifs is 1.